The van der Waals surface area contributed by atoms with Gasteiger partial charge in [0, 0.05) is 37.7 Å². The fraction of sp³-hybridized carbons (Fsp3) is 0.348. The molecule has 0 radical (unpaired) electrons. The first-order valence-electron chi connectivity index (χ1n) is 10.3. The molecule has 3 N–H and O–H groups in total. The number of anilines is 1. The van der Waals surface area contributed by atoms with Crippen LogP contribution in [0.5, 0.6) is 0 Å². The van der Waals surface area contributed by atoms with E-state index in [-0.39, 0.29) is 17.9 Å². The Labute approximate surface area is 175 Å². The molecule has 1 aromatic heterocycles. The number of rotatable bonds is 7. The number of hydrogen-bond acceptors (Lipinski definition) is 4. The number of imidazole rings is 1. The van der Waals surface area contributed by atoms with Gasteiger partial charge >= 0.3 is 0 Å². The van der Waals surface area contributed by atoms with E-state index in [1.165, 1.54) is 12.5 Å². The van der Waals surface area contributed by atoms with Crippen molar-refractivity contribution < 1.29 is 14.3 Å². The SMILES string of the molecule is CC(=O)Nc1ccc(CCc2nc3ccc(C(=O)NCC4CCCO4)cc3[nH]2)cc1. The zero-order valence-corrected chi connectivity index (χ0v) is 17.0. The maximum absolute atomic E-state index is 12.4. The van der Waals surface area contributed by atoms with E-state index in [1.54, 1.807) is 6.07 Å². The Bertz CT molecular complexity index is 1040. The van der Waals surface area contributed by atoms with Gasteiger partial charge in [0.2, 0.25) is 5.91 Å². The topological polar surface area (TPSA) is 96.1 Å². The highest BCUT2D eigenvalue weighted by Crippen LogP contribution is 2.17. The fourth-order valence-electron chi connectivity index (χ4n) is 3.66. The molecule has 0 saturated carbocycles. The van der Waals surface area contributed by atoms with Crippen molar-refractivity contribution in [3.8, 4) is 0 Å². The molecule has 30 heavy (non-hydrogen) atoms. The van der Waals surface area contributed by atoms with E-state index in [9.17, 15) is 9.59 Å². The summed E-state index contributed by atoms with van der Waals surface area (Å²) >= 11 is 0. The van der Waals surface area contributed by atoms with Gasteiger partial charge in [-0.2, -0.15) is 0 Å². The molecule has 1 saturated heterocycles. The number of carbonyl (C=O) groups is 2. The number of hydrogen-bond donors (Lipinski definition) is 3. The Kier molecular flexibility index (Phi) is 6.09. The van der Waals surface area contributed by atoms with E-state index in [2.05, 4.69) is 20.6 Å². The Balaban J connectivity index is 1.36. The monoisotopic (exact) mass is 406 g/mol. The number of aryl methyl sites for hydroxylation is 2. The smallest absolute Gasteiger partial charge is 0.251 e. The average molecular weight is 406 g/mol. The lowest BCUT2D eigenvalue weighted by Gasteiger charge is -2.10. The number of carbonyl (C=O) groups excluding carboxylic acids is 2. The van der Waals surface area contributed by atoms with E-state index in [1.807, 2.05) is 36.4 Å². The first kappa shape index (κ1) is 20.1. The summed E-state index contributed by atoms with van der Waals surface area (Å²) < 4.78 is 5.55. The lowest BCUT2D eigenvalue weighted by Crippen LogP contribution is -2.31. The summed E-state index contributed by atoms with van der Waals surface area (Å²) in [5, 5.41) is 5.72. The highest BCUT2D eigenvalue weighted by molar-refractivity contribution is 5.97. The van der Waals surface area contributed by atoms with Crippen molar-refractivity contribution >= 4 is 28.5 Å². The van der Waals surface area contributed by atoms with Crippen LogP contribution in [0.1, 0.15) is 41.5 Å². The van der Waals surface area contributed by atoms with Gasteiger partial charge in [-0.05, 0) is 55.2 Å². The second-order valence-corrected chi connectivity index (χ2v) is 7.64. The van der Waals surface area contributed by atoms with Crippen molar-refractivity contribution in [2.45, 2.75) is 38.7 Å². The molecule has 2 heterocycles. The Morgan fingerprint density at radius 1 is 1.17 bits per heavy atom. The van der Waals surface area contributed by atoms with Crippen LogP contribution in [0.2, 0.25) is 0 Å². The predicted octanol–water partition coefficient (Wildman–Crippen LogP) is 3.22. The van der Waals surface area contributed by atoms with Crippen molar-refractivity contribution in [3.63, 3.8) is 0 Å². The Morgan fingerprint density at radius 2 is 2.00 bits per heavy atom. The van der Waals surface area contributed by atoms with Crippen LogP contribution in [-0.2, 0) is 22.4 Å². The number of nitrogens with zero attached hydrogens (tertiary/aromatic N) is 1. The molecule has 1 unspecified atom stereocenters. The second kappa shape index (κ2) is 9.09. The van der Waals surface area contributed by atoms with Gasteiger partial charge in [0.25, 0.3) is 5.91 Å². The number of amides is 2. The lowest BCUT2D eigenvalue weighted by molar-refractivity contribution is -0.114. The van der Waals surface area contributed by atoms with Gasteiger partial charge in [-0.25, -0.2) is 4.98 Å². The normalized spacial score (nSPS) is 16.0. The van der Waals surface area contributed by atoms with Gasteiger partial charge in [0.15, 0.2) is 0 Å². The number of aromatic nitrogens is 2. The van der Waals surface area contributed by atoms with E-state index in [4.69, 9.17) is 4.74 Å². The third kappa shape index (κ3) is 5.04. The van der Waals surface area contributed by atoms with Crippen molar-refractivity contribution in [3.05, 3.63) is 59.4 Å². The summed E-state index contributed by atoms with van der Waals surface area (Å²) in [5.41, 5.74) is 4.28. The van der Waals surface area contributed by atoms with Gasteiger partial charge in [-0.1, -0.05) is 12.1 Å². The number of aromatic amines is 1. The number of benzene rings is 2. The number of ether oxygens (including phenoxy) is 1. The second-order valence-electron chi connectivity index (χ2n) is 7.64. The molecule has 7 nitrogen and oxygen atoms in total. The average Bonchev–Trinajstić information content (AvgIpc) is 3.40. The molecule has 3 aromatic rings. The summed E-state index contributed by atoms with van der Waals surface area (Å²) in [7, 11) is 0. The third-order valence-electron chi connectivity index (χ3n) is 5.23. The van der Waals surface area contributed by atoms with Gasteiger partial charge in [-0.3, -0.25) is 9.59 Å². The van der Waals surface area contributed by atoms with E-state index >= 15 is 0 Å². The van der Waals surface area contributed by atoms with Crippen molar-refractivity contribution in [1.29, 1.82) is 0 Å². The predicted molar refractivity (Wildman–Crippen MR) is 116 cm³/mol. The standard InChI is InChI=1S/C23H26N4O3/c1-15(28)25-18-8-4-16(5-9-18)6-11-22-26-20-10-7-17(13-21(20)27-22)23(29)24-14-19-3-2-12-30-19/h4-5,7-10,13,19H,2-3,6,11-12,14H2,1H3,(H,24,29)(H,25,28)(H,26,27). The number of nitrogens with one attached hydrogen (secondary N) is 3. The van der Waals surface area contributed by atoms with E-state index in [0.29, 0.717) is 12.1 Å². The van der Waals surface area contributed by atoms with Crippen LogP contribution >= 0.6 is 0 Å². The molecule has 1 aliphatic heterocycles. The van der Waals surface area contributed by atoms with Crippen molar-refractivity contribution in [2.24, 2.45) is 0 Å². The van der Waals surface area contributed by atoms with Crippen molar-refractivity contribution in [1.82, 2.24) is 15.3 Å². The van der Waals surface area contributed by atoms with Crippen molar-refractivity contribution in [2.75, 3.05) is 18.5 Å². The summed E-state index contributed by atoms with van der Waals surface area (Å²) in [5.74, 6) is 0.709. The van der Waals surface area contributed by atoms with Crippen LogP contribution in [0.3, 0.4) is 0 Å². The lowest BCUT2D eigenvalue weighted by atomic mass is 10.1. The summed E-state index contributed by atoms with van der Waals surface area (Å²) in [6, 6.07) is 13.3. The minimum absolute atomic E-state index is 0.0788. The highest BCUT2D eigenvalue weighted by Gasteiger charge is 2.17. The summed E-state index contributed by atoms with van der Waals surface area (Å²) in [4.78, 5) is 31.5. The van der Waals surface area contributed by atoms with Crippen LogP contribution < -0.4 is 10.6 Å². The largest absolute Gasteiger partial charge is 0.376 e. The molecule has 2 amide bonds. The van der Waals surface area contributed by atoms with Gasteiger partial charge < -0.3 is 20.4 Å². The molecule has 4 rings (SSSR count). The molecule has 0 spiro atoms. The van der Waals surface area contributed by atoms with Gasteiger partial charge in [0.1, 0.15) is 5.82 Å². The molecular weight excluding hydrogens is 380 g/mol. The molecular formula is C23H26N4O3. The molecule has 1 atom stereocenters. The summed E-state index contributed by atoms with van der Waals surface area (Å²) in [6.07, 6.45) is 3.77. The molecule has 1 aliphatic rings. The summed E-state index contributed by atoms with van der Waals surface area (Å²) in [6.45, 7) is 2.82. The zero-order valence-electron chi connectivity index (χ0n) is 17.0. The number of H-pyrrole nitrogens is 1. The molecule has 0 aliphatic carbocycles. The maximum atomic E-state index is 12.4. The van der Waals surface area contributed by atoms with Crippen LogP contribution in [0, 0.1) is 0 Å². The molecule has 2 aromatic carbocycles. The molecule has 0 bridgehead atoms. The Hall–Kier alpha value is -3.19. The fourth-order valence-corrected chi connectivity index (χ4v) is 3.66. The van der Waals surface area contributed by atoms with Crippen LogP contribution in [-0.4, -0.2) is 41.0 Å². The van der Waals surface area contributed by atoms with Crippen LogP contribution in [0.25, 0.3) is 11.0 Å². The minimum atomic E-state index is -0.0946. The van der Waals surface area contributed by atoms with Crippen LogP contribution in [0.15, 0.2) is 42.5 Å². The molecule has 1 fully saturated rings. The molecule has 7 heteroatoms. The maximum Gasteiger partial charge on any atom is 0.251 e. The zero-order chi connectivity index (χ0) is 20.9. The number of fused-ring (bicyclic) bond motifs is 1. The quantitative estimate of drug-likeness (QED) is 0.561. The minimum Gasteiger partial charge on any atom is -0.376 e. The van der Waals surface area contributed by atoms with E-state index in [0.717, 1.165) is 54.8 Å². The first-order valence-corrected chi connectivity index (χ1v) is 10.3. The first-order chi connectivity index (χ1) is 14.6. The van der Waals surface area contributed by atoms with Gasteiger partial charge in [-0.15, -0.1) is 0 Å². The molecule has 156 valence electrons. The third-order valence-corrected chi connectivity index (χ3v) is 5.23. The van der Waals surface area contributed by atoms with Crippen LogP contribution in [0.4, 0.5) is 5.69 Å². The van der Waals surface area contributed by atoms with E-state index < -0.39 is 0 Å². The Morgan fingerprint density at radius 3 is 2.73 bits per heavy atom. The van der Waals surface area contributed by atoms with Gasteiger partial charge in [0.05, 0.1) is 17.1 Å². The highest BCUT2D eigenvalue weighted by atomic mass is 16.5.